The molecule has 3 N–H and O–H groups in total. The van der Waals surface area contributed by atoms with Gasteiger partial charge in [0.2, 0.25) is 11.8 Å². The monoisotopic (exact) mass is 699 g/mol. The molecular formula is C39H49N5O7. The number of ether oxygens (including phenoxy) is 2. The largest absolute Gasteiger partial charge is 0.488 e. The molecule has 12 nitrogen and oxygen atoms in total. The van der Waals surface area contributed by atoms with Crippen molar-refractivity contribution < 1.29 is 33.8 Å². The fourth-order valence-corrected chi connectivity index (χ4v) is 6.50. The first kappa shape index (κ1) is 37.1. The number of fused-ring (bicyclic) bond motifs is 1. The van der Waals surface area contributed by atoms with Gasteiger partial charge in [0, 0.05) is 36.5 Å². The quantitative estimate of drug-likeness (QED) is 0.227. The highest BCUT2D eigenvalue weighted by molar-refractivity contribution is 5.96. The normalized spacial score (nSPS) is 22.1. The molecule has 3 aromatic rings. The zero-order valence-corrected chi connectivity index (χ0v) is 30.4. The molecule has 12 heteroatoms. The van der Waals surface area contributed by atoms with Crippen molar-refractivity contribution in [1.82, 2.24) is 20.5 Å². The summed E-state index contributed by atoms with van der Waals surface area (Å²) in [5.41, 5.74) is -0.557. The van der Waals surface area contributed by atoms with Crippen LogP contribution < -0.4 is 20.3 Å². The Kier molecular flexibility index (Phi) is 10.4. The first-order valence-electron chi connectivity index (χ1n) is 17.2. The molecule has 2 heterocycles. The van der Waals surface area contributed by atoms with Crippen LogP contribution in [0.1, 0.15) is 60.1 Å². The van der Waals surface area contributed by atoms with E-state index in [4.69, 9.17) is 14.5 Å². The fourth-order valence-electron chi connectivity index (χ4n) is 6.50. The van der Waals surface area contributed by atoms with E-state index in [0.717, 1.165) is 22.3 Å². The molecule has 2 aliphatic rings. The summed E-state index contributed by atoms with van der Waals surface area (Å²) in [6, 6.07) is 17.3. The standard InChI is InChI=1S/C39H49N5O7/c1-9-24-21-39(24,35(47)48)42-33(45)30-20-27(23-44(30)34(46)32(37(2,3)4)41-36(49)51-38(5,6)7)50-31-19-25(40-29-18-14-13-17-28(29)31)22-43(8)26-15-11-10-12-16-26/h9-19,24,27,30,32H,1,20-23H2,2-8H3,(H,41,49)(H,42,45)(H,47,48)/t24-,27+,30-,32+,39?/m0/s1. The lowest BCUT2D eigenvalue weighted by Gasteiger charge is -2.35. The molecule has 0 bridgehead atoms. The van der Waals surface area contributed by atoms with E-state index in [1.165, 1.54) is 11.0 Å². The summed E-state index contributed by atoms with van der Waals surface area (Å²) in [6.45, 7) is 14.8. The number of benzene rings is 2. The minimum atomic E-state index is -1.49. The Labute approximate surface area is 299 Å². The Morgan fingerprint density at radius 3 is 2.35 bits per heavy atom. The lowest BCUT2D eigenvalue weighted by Crippen LogP contribution is -2.59. The molecule has 1 unspecified atom stereocenters. The van der Waals surface area contributed by atoms with Gasteiger partial charge < -0.3 is 35.0 Å². The highest BCUT2D eigenvalue weighted by Crippen LogP contribution is 2.45. The molecule has 272 valence electrons. The molecule has 1 aromatic heterocycles. The van der Waals surface area contributed by atoms with Gasteiger partial charge in [0.25, 0.3) is 0 Å². The number of carbonyl (C=O) groups is 4. The van der Waals surface area contributed by atoms with Crippen LogP contribution in [0.25, 0.3) is 10.9 Å². The molecule has 1 saturated carbocycles. The predicted molar refractivity (Wildman–Crippen MR) is 194 cm³/mol. The second-order valence-corrected chi connectivity index (χ2v) is 15.6. The number of carboxylic acid groups (broad SMARTS) is 1. The maximum Gasteiger partial charge on any atom is 0.408 e. The molecule has 5 atom stereocenters. The average Bonchev–Trinajstić information content (AvgIpc) is 3.62. The van der Waals surface area contributed by atoms with Crippen LogP contribution in [0.5, 0.6) is 5.75 Å². The Morgan fingerprint density at radius 1 is 1.08 bits per heavy atom. The number of aliphatic carboxylic acids is 1. The number of nitrogens with one attached hydrogen (secondary N) is 2. The SMILES string of the molecule is C=C[C@H]1CC1(NC(=O)[C@@H]1C[C@@H](Oc2cc(CN(C)c3ccccc3)nc3ccccc23)CN1C(=O)[C@@H](NC(=O)OC(C)(C)C)C(C)(C)C)C(=O)O. The number of carbonyl (C=O) groups excluding carboxylic acids is 3. The topological polar surface area (TPSA) is 150 Å². The van der Waals surface area contributed by atoms with Crippen molar-refractivity contribution in [3.63, 3.8) is 0 Å². The molecule has 1 aliphatic heterocycles. The van der Waals surface area contributed by atoms with E-state index in [2.05, 4.69) is 22.1 Å². The van der Waals surface area contributed by atoms with Gasteiger partial charge in [-0.05, 0) is 56.9 Å². The Balaban J connectivity index is 1.46. The number of carboxylic acids is 1. The second-order valence-electron chi connectivity index (χ2n) is 15.6. The van der Waals surface area contributed by atoms with Crippen LogP contribution in [-0.2, 0) is 25.7 Å². The number of para-hydroxylation sites is 2. The molecule has 0 radical (unpaired) electrons. The van der Waals surface area contributed by atoms with Crippen molar-refractivity contribution in [2.75, 3.05) is 18.5 Å². The zero-order valence-electron chi connectivity index (χ0n) is 30.4. The van der Waals surface area contributed by atoms with E-state index < -0.39 is 64.5 Å². The van der Waals surface area contributed by atoms with Crippen molar-refractivity contribution in [2.24, 2.45) is 11.3 Å². The molecule has 1 saturated heterocycles. The first-order chi connectivity index (χ1) is 23.9. The molecule has 3 amide bonds. The molecule has 51 heavy (non-hydrogen) atoms. The fraction of sp³-hybridized carbons (Fsp3) is 0.462. The van der Waals surface area contributed by atoms with Gasteiger partial charge >= 0.3 is 12.1 Å². The van der Waals surface area contributed by atoms with Gasteiger partial charge in [0.1, 0.15) is 35.1 Å². The van der Waals surface area contributed by atoms with Gasteiger partial charge in [0.15, 0.2) is 0 Å². The second kappa shape index (κ2) is 14.2. The van der Waals surface area contributed by atoms with Crippen molar-refractivity contribution in [2.45, 2.75) is 90.3 Å². The summed E-state index contributed by atoms with van der Waals surface area (Å²) >= 11 is 0. The zero-order chi connectivity index (χ0) is 37.3. The van der Waals surface area contributed by atoms with Crippen LogP contribution in [0.4, 0.5) is 10.5 Å². The van der Waals surface area contributed by atoms with E-state index >= 15 is 0 Å². The van der Waals surface area contributed by atoms with Gasteiger partial charge in [-0.15, -0.1) is 6.58 Å². The molecule has 2 fully saturated rings. The van der Waals surface area contributed by atoms with Crippen LogP contribution in [0.15, 0.2) is 73.3 Å². The minimum Gasteiger partial charge on any atom is -0.488 e. The molecular weight excluding hydrogens is 650 g/mol. The van der Waals surface area contributed by atoms with Crippen LogP contribution in [0.3, 0.4) is 0 Å². The Morgan fingerprint density at radius 2 is 1.75 bits per heavy atom. The summed E-state index contributed by atoms with van der Waals surface area (Å²) in [7, 11) is 1.98. The van der Waals surface area contributed by atoms with E-state index in [1.54, 1.807) is 20.8 Å². The smallest absolute Gasteiger partial charge is 0.408 e. The van der Waals surface area contributed by atoms with Gasteiger partial charge in [-0.2, -0.15) is 0 Å². The number of pyridine rings is 1. The number of rotatable bonds is 11. The summed E-state index contributed by atoms with van der Waals surface area (Å²) < 4.78 is 12.1. The summed E-state index contributed by atoms with van der Waals surface area (Å²) in [4.78, 5) is 62.0. The summed E-state index contributed by atoms with van der Waals surface area (Å²) in [5.74, 6) is -2.19. The predicted octanol–water partition coefficient (Wildman–Crippen LogP) is 5.30. The third-order valence-electron chi connectivity index (χ3n) is 9.27. The van der Waals surface area contributed by atoms with Crippen molar-refractivity contribution in [3.05, 3.63) is 79.0 Å². The number of nitrogens with zero attached hydrogens (tertiary/aromatic N) is 3. The van der Waals surface area contributed by atoms with Gasteiger partial charge in [0.05, 0.1) is 24.3 Å². The number of amides is 3. The number of alkyl carbamates (subject to hydrolysis) is 1. The van der Waals surface area contributed by atoms with E-state index in [0.29, 0.717) is 12.3 Å². The third-order valence-corrected chi connectivity index (χ3v) is 9.27. The number of aromatic nitrogens is 1. The van der Waals surface area contributed by atoms with Gasteiger partial charge in [-0.1, -0.05) is 57.2 Å². The van der Waals surface area contributed by atoms with E-state index in [1.807, 2.05) is 88.5 Å². The Hall–Kier alpha value is -5.13. The van der Waals surface area contributed by atoms with Crippen LogP contribution in [0, 0.1) is 11.3 Å². The van der Waals surface area contributed by atoms with Gasteiger partial charge in [-0.25, -0.2) is 9.59 Å². The number of likely N-dealkylation sites (tertiary alicyclic amines) is 1. The van der Waals surface area contributed by atoms with Crippen molar-refractivity contribution in [3.8, 4) is 5.75 Å². The third kappa shape index (κ3) is 8.44. The van der Waals surface area contributed by atoms with E-state index in [-0.39, 0.29) is 19.4 Å². The van der Waals surface area contributed by atoms with Gasteiger partial charge in [-0.3, -0.25) is 14.6 Å². The first-order valence-corrected chi connectivity index (χ1v) is 17.2. The van der Waals surface area contributed by atoms with Crippen LogP contribution in [0.2, 0.25) is 0 Å². The number of hydrogen-bond donors (Lipinski definition) is 3. The Bertz CT molecular complexity index is 1800. The molecule has 0 spiro atoms. The number of hydrogen-bond acceptors (Lipinski definition) is 8. The average molecular weight is 700 g/mol. The molecule has 1 aliphatic carbocycles. The van der Waals surface area contributed by atoms with Crippen molar-refractivity contribution >= 4 is 40.5 Å². The lowest BCUT2D eigenvalue weighted by molar-refractivity contribution is -0.146. The lowest BCUT2D eigenvalue weighted by atomic mass is 9.85. The minimum absolute atomic E-state index is 0.0142. The maximum absolute atomic E-state index is 14.4. The van der Waals surface area contributed by atoms with E-state index in [9.17, 15) is 24.3 Å². The highest BCUT2D eigenvalue weighted by atomic mass is 16.6. The molecule has 2 aromatic carbocycles. The maximum atomic E-state index is 14.4. The van der Waals surface area contributed by atoms with Crippen LogP contribution >= 0.6 is 0 Å². The van der Waals surface area contributed by atoms with Crippen molar-refractivity contribution in [1.29, 1.82) is 0 Å². The molecule has 5 rings (SSSR count). The van der Waals surface area contributed by atoms with Crippen LogP contribution in [-0.4, -0.2) is 81.8 Å². The number of anilines is 1. The highest BCUT2D eigenvalue weighted by Gasteiger charge is 2.61. The summed E-state index contributed by atoms with van der Waals surface area (Å²) in [5, 5.41) is 16.2. The summed E-state index contributed by atoms with van der Waals surface area (Å²) in [6.07, 6.45) is 0.390.